The first kappa shape index (κ1) is 17.8. The van der Waals surface area contributed by atoms with Crippen LogP contribution in [-0.4, -0.2) is 35.8 Å². The molecule has 1 rings (SSSR count). The zero-order chi connectivity index (χ0) is 15.8. The quantitative estimate of drug-likeness (QED) is 0.831. The number of hydrogen-bond acceptors (Lipinski definition) is 3. The van der Waals surface area contributed by atoms with Gasteiger partial charge in [0.1, 0.15) is 0 Å². The number of aliphatic hydroxyl groups is 1. The van der Waals surface area contributed by atoms with Gasteiger partial charge in [0.2, 0.25) is 0 Å². The van der Waals surface area contributed by atoms with Crippen LogP contribution in [0.4, 0.5) is 4.79 Å². The van der Waals surface area contributed by atoms with Gasteiger partial charge < -0.3 is 14.7 Å². The van der Waals surface area contributed by atoms with E-state index >= 15 is 0 Å². The molecule has 1 N–H and O–H groups in total. The molecule has 1 atom stereocenters. The van der Waals surface area contributed by atoms with Crippen LogP contribution in [0, 0.1) is 5.92 Å². The molecule has 1 unspecified atom stereocenters. The lowest BCUT2D eigenvalue weighted by Crippen LogP contribution is -2.33. The highest BCUT2D eigenvalue weighted by atomic mass is 35.5. The summed E-state index contributed by atoms with van der Waals surface area (Å²) in [4.78, 5) is 13.5. The first-order valence-corrected chi connectivity index (χ1v) is 7.67. The number of halogens is 1. The lowest BCUT2D eigenvalue weighted by molar-refractivity contribution is 0.0847. The molecule has 5 heteroatoms. The Bertz CT molecular complexity index is 434. The molecule has 0 spiro atoms. The molecule has 0 aromatic heterocycles. The molecule has 0 saturated carbocycles. The largest absolute Gasteiger partial charge is 0.449 e. The fraction of sp³-hybridized carbons (Fsp3) is 0.562. The molecule has 4 nitrogen and oxygen atoms in total. The van der Waals surface area contributed by atoms with Crippen LogP contribution in [-0.2, 0) is 4.74 Å². The van der Waals surface area contributed by atoms with Gasteiger partial charge in [-0.2, -0.15) is 0 Å². The van der Waals surface area contributed by atoms with E-state index in [2.05, 4.69) is 0 Å². The zero-order valence-corrected chi connectivity index (χ0v) is 13.6. The fourth-order valence-corrected chi connectivity index (χ4v) is 1.96. The standard InChI is InChI=1S/C16H24ClNO3/c1-4-18(16(20)21-11-12(2)3)10-9-15(19)13-5-7-14(17)8-6-13/h5-8,12,15,19H,4,9-11H2,1-3H3. The maximum atomic E-state index is 11.9. The second kappa shape index (κ2) is 8.90. The Balaban J connectivity index is 2.46. The van der Waals surface area contributed by atoms with Gasteiger partial charge in [0, 0.05) is 18.1 Å². The number of benzene rings is 1. The lowest BCUT2D eigenvalue weighted by Gasteiger charge is -2.22. The van der Waals surface area contributed by atoms with Crippen LogP contribution < -0.4 is 0 Å². The minimum absolute atomic E-state index is 0.312. The van der Waals surface area contributed by atoms with Crippen molar-refractivity contribution in [3.8, 4) is 0 Å². The van der Waals surface area contributed by atoms with Crippen LogP contribution in [0.1, 0.15) is 38.9 Å². The summed E-state index contributed by atoms with van der Waals surface area (Å²) in [6.07, 6.45) is -0.476. The highest BCUT2D eigenvalue weighted by Gasteiger charge is 2.16. The van der Waals surface area contributed by atoms with E-state index in [1.165, 1.54) is 0 Å². The molecule has 0 aliphatic heterocycles. The first-order chi connectivity index (χ1) is 9.93. The third-order valence-electron chi connectivity index (χ3n) is 3.11. The van der Waals surface area contributed by atoms with Crippen LogP contribution in [0.15, 0.2) is 24.3 Å². The fourth-order valence-electron chi connectivity index (χ4n) is 1.84. The van der Waals surface area contributed by atoms with Crippen molar-refractivity contribution in [2.75, 3.05) is 19.7 Å². The number of carbonyl (C=O) groups is 1. The number of carbonyl (C=O) groups excluding carboxylic acids is 1. The number of hydrogen-bond donors (Lipinski definition) is 1. The van der Waals surface area contributed by atoms with E-state index in [1.54, 1.807) is 29.2 Å². The van der Waals surface area contributed by atoms with E-state index in [-0.39, 0.29) is 6.09 Å². The number of aliphatic hydroxyl groups excluding tert-OH is 1. The molecule has 118 valence electrons. The van der Waals surface area contributed by atoms with Crippen molar-refractivity contribution >= 4 is 17.7 Å². The number of ether oxygens (including phenoxy) is 1. The molecule has 0 radical (unpaired) electrons. The molecule has 1 amide bonds. The third-order valence-corrected chi connectivity index (χ3v) is 3.36. The smallest absolute Gasteiger partial charge is 0.409 e. The Morgan fingerprint density at radius 1 is 1.33 bits per heavy atom. The Morgan fingerprint density at radius 2 is 1.95 bits per heavy atom. The van der Waals surface area contributed by atoms with Crippen molar-refractivity contribution in [1.82, 2.24) is 4.90 Å². The van der Waals surface area contributed by atoms with Gasteiger partial charge >= 0.3 is 6.09 Å². The minimum Gasteiger partial charge on any atom is -0.449 e. The molecule has 0 fully saturated rings. The minimum atomic E-state index is -0.616. The highest BCUT2D eigenvalue weighted by Crippen LogP contribution is 2.19. The number of rotatable bonds is 7. The topological polar surface area (TPSA) is 49.8 Å². The van der Waals surface area contributed by atoms with E-state index < -0.39 is 6.10 Å². The van der Waals surface area contributed by atoms with Gasteiger partial charge in [0.15, 0.2) is 0 Å². The van der Waals surface area contributed by atoms with E-state index in [1.807, 2.05) is 20.8 Å². The van der Waals surface area contributed by atoms with Crippen LogP contribution in [0.5, 0.6) is 0 Å². The Labute approximate surface area is 131 Å². The molecule has 21 heavy (non-hydrogen) atoms. The van der Waals surface area contributed by atoms with Gasteiger partial charge in [-0.05, 0) is 37.0 Å². The molecule has 0 heterocycles. The molecule has 0 aliphatic rings. The summed E-state index contributed by atoms with van der Waals surface area (Å²) < 4.78 is 5.20. The van der Waals surface area contributed by atoms with Gasteiger partial charge in [0.05, 0.1) is 12.7 Å². The van der Waals surface area contributed by atoms with Crippen molar-refractivity contribution in [2.24, 2.45) is 5.92 Å². The van der Waals surface area contributed by atoms with Crippen molar-refractivity contribution < 1.29 is 14.6 Å². The van der Waals surface area contributed by atoms with Gasteiger partial charge in [0.25, 0.3) is 0 Å². The molecule has 0 aliphatic carbocycles. The summed E-state index contributed by atoms with van der Waals surface area (Å²) >= 11 is 5.82. The summed E-state index contributed by atoms with van der Waals surface area (Å²) in [6.45, 7) is 7.31. The van der Waals surface area contributed by atoms with Gasteiger partial charge in [-0.25, -0.2) is 4.79 Å². The van der Waals surface area contributed by atoms with E-state index in [9.17, 15) is 9.90 Å². The van der Waals surface area contributed by atoms with E-state index in [0.29, 0.717) is 37.1 Å². The molecule has 1 aromatic rings. The maximum absolute atomic E-state index is 11.9. The van der Waals surface area contributed by atoms with Crippen molar-refractivity contribution in [3.05, 3.63) is 34.9 Å². The number of amides is 1. The predicted octanol–water partition coefficient (Wildman–Crippen LogP) is 3.88. The Kier molecular flexibility index (Phi) is 7.54. The van der Waals surface area contributed by atoms with E-state index in [4.69, 9.17) is 16.3 Å². The Morgan fingerprint density at radius 3 is 2.48 bits per heavy atom. The normalized spacial score (nSPS) is 12.3. The van der Waals surface area contributed by atoms with Crippen molar-refractivity contribution in [3.63, 3.8) is 0 Å². The summed E-state index contributed by atoms with van der Waals surface area (Å²) in [5, 5.41) is 10.8. The van der Waals surface area contributed by atoms with Gasteiger partial charge in [-0.1, -0.05) is 37.6 Å². The summed E-state index contributed by atoms with van der Waals surface area (Å²) in [5.74, 6) is 0.312. The first-order valence-electron chi connectivity index (χ1n) is 7.29. The van der Waals surface area contributed by atoms with Gasteiger partial charge in [-0.15, -0.1) is 0 Å². The van der Waals surface area contributed by atoms with Crippen molar-refractivity contribution in [2.45, 2.75) is 33.3 Å². The van der Waals surface area contributed by atoms with Crippen molar-refractivity contribution in [1.29, 1.82) is 0 Å². The maximum Gasteiger partial charge on any atom is 0.409 e. The second-order valence-electron chi connectivity index (χ2n) is 5.41. The zero-order valence-electron chi connectivity index (χ0n) is 12.9. The molecule has 0 saturated heterocycles. The van der Waals surface area contributed by atoms with Crippen LogP contribution in [0.2, 0.25) is 5.02 Å². The average molecular weight is 314 g/mol. The molecular formula is C16H24ClNO3. The lowest BCUT2D eigenvalue weighted by atomic mass is 10.1. The third kappa shape index (κ3) is 6.36. The van der Waals surface area contributed by atoms with Crippen LogP contribution in [0.25, 0.3) is 0 Å². The summed E-state index contributed by atoms with van der Waals surface area (Å²) in [6, 6.07) is 7.07. The SMILES string of the molecule is CCN(CCC(O)c1ccc(Cl)cc1)C(=O)OCC(C)C. The van der Waals surface area contributed by atoms with Crippen LogP contribution in [0.3, 0.4) is 0 Å². The predicted molar refractivity (Wildman–Crippen MR) is 84.5 cm³/mol. The molecule has 0 bridgehead atoms. The second-order valence-corrected chi connectivity index (χ2v) is 5.84. The molecular weight excluding hydrogens is 290 g/mol. The Hall–Kier alpha value is -1.26. The average Bonchev–Trinajstić information content (AvgIpc) is 2.46. The summed E-state index contributed by atoms with van der Waals surface area (Å²) in [7, 11) is 0. The summed E-state index contributed by atoms with van der Waals surface area (Å²) in [5.41, 5.74) is 0.797. The van der Waals surface area contributed by atoms with E-state index in [0.717, 1.165) is 5.56 Å². The highest BCUT2D eigenvalue weighted by molar-refractivity contribution is 6.30. The number of nitrogens with zero attached hydrogens (tertiary/aromatic N) is 1. The van der Waals surface area contributed by atoms with Gasteiger partial charge in [-0.3, -0.25) is 0 Å². The van der Waals surface area contributed by atoms with Crippen LogP contribution >= 0.6 is 11.6 Å². The monoisotopic (exact) mass is 313 g/mol. The molecule has 1 aromatic carbocycles.